The fourth-order valence-electron chi connectivity index (χ4n) is 5.91. The minimum atomic E-state index is -6.59. The second kappa shape index (κ2) is 26.6. The topological polar surface area (TPSA) is 126 Å². The molecule has 3 aromatic rings. The van der Waals surface area contributed by atoms with Crippen LogP contribution in [0.1, 0.15) is 120 Å². The lowest BCUT2D eigenvalue weighted by molar-refractivity contribution is -0.0496. The van der Waals surface area contributed by atoms with Crippen LogP contribution in [0.3, 0.4) is 0 Å². The lowest BCUT2D eigenvalue weighted by Crippen LogP contribution is -2.29. The van der Waals surface area contributed by atoms with Crippen molar-refractivity contribution in [2.24, 2.45) is 0 Å². The molecular weight excluding hydrogens is 866 g/mol. The maximum absolute atomic E-state index is 15.4. The summed E-state index contributed by atoms with van der Waals surface area (Å²) in [6.07, 6.45) is 4.68. The van der Waals surface area contributed by atoms with Crippen molar-refractivity contribution in [3.05, 3.63) is 36.4 Å². The Balaban J connectivity index is 3.05. The van der Waals surface area contributed by atoms with E-state index in [4.69, 9.17) is 46.3 Å². The predicted molar refractivity (Wildman–Crippen MR) is 240 cm³/mol. The highest BCUT2D eigenvalue weighted by Crippen LogP contribution is 2.81. The Morgan fingerprint density at radius 3 is 0.730 bits per heavy atom. The molecule has 0 heterocycles. The fraction of sp³-hybridized carbons (Fsp3) is 0.609. The molecule has 0 atom stereocenters. The fourth-order valence-corrected chi connectivity index (χ4v) is 11.1. The third-order valence-electron chi connectivity index (χ3n) is 8.51. The van der Waals surface area contributed by atoms with Crippen molar-refractivity contribution in [3.63, 3.8) is 0 Å². The molecule has 0 spiro atoms. The van der Waals surface area contributed by atoms with Gasteiger partial charge in [-0.25, -0.2) is 0 Å². The minimum absolute atomic E-state index is 0.0589. The quantitative estimate of drug-likeness (QED) is 0.0553. The third kappa shape index (κ3) is 14.2. The van der Waals surface area contributed by atoms with Gasteiger partial charge in [0.1, 0.15) is 66.4 Å². The Morgan fingerprint density at radius 1 is 0.365 bits per heavy atom. The zero-order valence-electron chi connectivity index (χ0n) is 38.5. The number of halogens is 3. The van der Waals surface area contributed by atoms with Gasteiger partial charge in [-0.1, -0.05) is 62.3 Å². The van der Waals surface area contributed by atoms with Crippen LogP contribution in [0.25, 0.3) is 0 Å². The van der Waals surface area contributed by atoms with Crippen LogP contribution in [0.2, 0.25) is 0 Å². The summed E-state index contributed by atoms with van der Waals surface area (Å²) < 4.78 is 138. The van der Waals surface area contributed by atoms with Crippen LogP contribution in [0.5, 0.6) is 51.7 Å². The first kappa shape index (κ1) is 53.2. The van der Waals surface area contributed by atoms with Gasteiger partial charge in [-0.15, -0.1) is 0 Å². The van der Waals surface area contributed by atoms with Gasteiger partial charge in [0, 0.05) is 36.4 Å². The first-order valence-corrected chi connectivity index (χ1v) is 25.3. The Morgan fingerprint density at radius 2 is 0.556 bits per heavy atom. The Kier molecular flexibility index (Phi) is 22.5. The number of benzene rings is 3. The van der Waals surface area contributed by atoms with Crippen LogP contribution in [0, 0.1) is 0 Å². The highest BCUT2D eigenvalue weighted by atomic mass is 32.3. The smallest absolute Gasteiger partial charge is 0.493 e. The molecule has 0 N–H and O–H groups in total. The summed E-state index contributed by atoms with van der Waals surface area (Å²) in [5.74, 6) is 0.433. The van der Waals surface area contributed by atoms with E-state index < -0.39 is 25.9 Å². The second-order valence-corrected chi connectivity index (χ2v) is 18.7. The van der Waals surface area contributed by atoms with Crippen LogP contribution in [0.15, 0.2) is 51.1 Å². The van der Waals surface area contributed by atoms with E-state index in [0.29, 0.717) is 57.8 Å². The van der Waals surface area contributed by atoms with Gasteiger partial charge in [0.15, 0.2) is 0 Å². The first-order chi connectivity index (χ1) is 30.3. The summed E-state index contributed by atoms with van der Waals surface area (Å²) in [6.45, 7) is 18.1. The molecule has 12 nitrogen and oxygen atoms in total. The average molecular weight is 935 g/mol. The van der Waals surface area contributed by atoms with Gasteiger partial charge in [0.2, 0.25) is 0 Å². The number of rotatable bonds is 32. The normalized spacial score (nSPS) is 12.1. The van der Waals surface area contributed by atoms with E-state index in [1.165, 1.54) is 36.4 Å². The summed E-state index contributed by atoms with van der Waals surface area (Å²) in [7, 11) is -11.2. The second-order valence-electron chi connectivity index (χ2n) is 14.4. The average Bonchev–Trinajstić information content (AvgIpc) is 3.26. The first-order valence-electron chi connectivity index (χ1n) is 22.3. The minimum Gasteiger partial charge on any atom is -0.493 e. The molecule has 63 heavy (non-hydrogen) atoms. The lowest BCUT2D eigenvalue weighted by Gasteiger charge is -2.43. The van der Waals surface area contributed by atoms with Crippen molar-refractivity contribution in [2.75, 3.05) is 59.5 Å². The van der Waals surface area contributed by atoms with Crippen LogP contribution in [-0.2, 0) is 13.7 Å². The van der Waals surface area contributed by atoms with Crippen molar-refractivity contribution in [2.45, 2.75) is 140 Å². The summed E-state index contributed by atoms with van der Waals surface area (Å²) in [4.78, 5) is -0.553. The van der Waals surface area contributed by atoms with Crippen molar-refractivity contribution >= 4 is 20.4 Å². The maximum Gasteiger partial charge on any atom is 0.524 e. The van der Waals surface area contributed by atoms with Gasteiger partial charge >= 0.3 is 15.6 Å². The summed E-state index contributed by atoms with van der Waals surface area (Å²) in [5.41, 5.74) is -5.94. The van der Waals surface area contributed by atoms with E-state index in [1.54, 1.807) is 0 Å². The molecule has 3 aromatic carbocycles. The molecule has 358 valence electrons. The maximum atomic E-state index is 15.4. The van der Waals surface area contributed by atoms with E-state index >= 15 is 13.2 Å². The molecule has 0 fully saturated rings. The van der Waals surface area contributed by atoms with E-state index in [-0.39, 0.29) is 126 Å². The van der Waals surface area contributed by atoms with Crippen molar-refractivity contribution in [1.82, 2.24) is 0 Å². The number of alkyl halides is 3. The standard InChI is InChI=1S/C46H69F3O12S2/c1-10-19-52-34-28-37(55-22-13-4)43(38(29-34)56-23-14-5)62(61-63(50,51)46(47,48)49,44-39(57-24-15-6)30-35(53-20-11-2)31-40(44)58-25-16-7)45-41(59-26-17-8)32-36(54-21-12-3)33-42(45)60-27-18-9/h28-33H,10-27H2,1-9H3. The Bertz CT molecular complexity index is 1670. The van der Waals surface area contributed by atoms with Gasteiger partial charge in [-0.2, -0.15) is 25.2 Å². The van der Waals surface area contributed by atoms with Crippen LogP contribution < -0.4 is 42.6 Å². The van der Waals surface area contributed by atoms with Crippen molar-refractivity contribution in [1.29, 1.82) is 0 Å². The molecule has 0 radical (unpaired) electrons. The largest absolute Gasteiger partial charge is 0.524 e. The monoisotopic (exact) mass is 934 g/mol. The van der Waals surface area contributed by atoms with Gasteiger partial charge < -0.3 is 42.6 Å². The molecule has 0 bridgehead atoms. The number of hydrogen-bond donors (Lipinski definition) is 0. The predicted octanol–water partition coefficient (Wildman–Crippen LogP) is 12.8. The summed E-state index contributed by atoms with van der Waals surface area (Å²) in [5, 5.41) is 0. The molecule has 0 aliphatic heterocycles. The Labute approximate surface area is 374 Å². The third-order valence-corrected chi connectivity index (χ3v) is 13.5. The van der Waals surface area contributed by atoms with E-state index in [9.17, 15) is 8.42 Å². The number of hydrogen-bond acceptors (Lipinski definition) is 12. The highest BCUT2D eigenvalue weighted by molar-refractivity contribution is 8.33. The van der Waals surface area contributed by atoms with E-state index in [2.05, 4.69) is 0 Å². The summed E-state index contributed by atoms with van der Waals surface area (Å²) >= 11 is 0. The van der Waals surface area contributed by atoms with E-state index in [0.717, 1.165) is 0 Å². The zero-order chi connectivity index (χ0) is 46.5. The molecule has 0 unspecified atom stereocenters. The molecule has 3 rings (SSSR count). The molecule has 0 saturated carbocycles. The Hall–Kier alpha value is -4.09. The van der Waals surface area contributed by atoms with Crippen molar-refractivity contribution in [3.8, 4) is 51.7 Å². The van der Waals surface area contributed by atoms with Crippen LogP contribution in [0.4, 0.5) is 13.2 Å². The number of ether oxygens (including phenoxy) is 9. The molecule has 17 heteroatoms. The van der Waals surface area contributed by atoms with Gasteiger partial charge in [-0.05, 0) is 68.1 Å². The molecule has 0 aliphatic carbocycles. The van der Waals surface area contributed by atoms with Gasteiger partial charge in [0.25, 0.3) is 0 Å². The SMILES string of the molecule is CCCOc1cc(OCCC)c(S(OS(=O)(=O)C(F)(F)F)(c2c(OCCC)cc(OCCC)cc2OCCC)c2c(OCCC)cc(OCCC)cc2OCCC)c(OCCC)c1. The molecule has 0 aromatic heterocycles. The highest BCUT2D eigenvalue weighted by Gasteiger charge is 2.57. The lowest BCUT2D eigenvalue weighted by atomic mass is 10.2. The van der Waals surface area contributed by atoms with Gasteiger partial charge in [-0.3, -0.25) is 0 Å². The van der Waals surface area contributed by atoms with Crippen molar-refractivity contribution < 1.29 is 67.9 Å². The zero-order valence-corrected chi connectivity index (χ0v) is 40.2. The summed E-state index contributed by atoms with van der Waals surface area (Å²) in [6, 6.07) is 9.09. The van der Waals surface area contributed by atoms with Gasteiger partial charge in [0.05, 0.1) is 59.5 Å². The van der Waals surface area contributed by atoms with E-state index in [1.807, 2.05) is 62.3 Å². The van der Waals surface area contributed by atoms with Crippen LogP contribution >= 0.6 is 10.3 Å². The molecular formula is C46H69F3O12S2. The molecule has 0 saturated heterocycles. The molecule has 0 aliphatic rings. The molecule has 0 amide bonds. The van der Waals surface area contributed by atoms with Crippen LogP contribution in [-0.4, -0.2) is 73.4 Å².